The van der Waals surface area contributed by atoms with Crippen molar-refractivity contribution in [3.8, 4) is 11.5 Å². The van der Waals surface area contributed by atoms with Crippen molar-refractivity contribution in [2.45, 2.75) is 18.5 Å². The SMILES string of the molecule is CNC(=O)Nc1nc2c(s1)C1COCC(C2)N1c1nnc(-c2cccc(C(=O)O)c2)o1. The second-order valence-electron chi connectivity index (χ2n) is 7.13. The third kappa shape index (κ3) is 3.49. The van der Waals surface area contributed by atoms with Gasteiger partial charge in [0.25, 0.3) is 0 Å². The van der Waals surface area contributed by atoms with Crippen molar-refractivity contribution in [3.63, 3.8) is 0 Å². The highest BCUT2D eigenvalue weighted by molar-refractivity contribution is 7.16. The topological polar surface area (TPSA) is 143 Å². The average Bonchev–Trinajstić information content (AvgIpc) is 3.40. The van der Waals surface area contributed by atoms with Gasteiger partial charge < -0.3 is 24.5 Å². The molecule has 0 saturated carbocycles. The molecule has 2 bridgehead atoms. The molecule has 1 saturated heterocycles. The Morgan fingerprint density at radius 2 is 2.16 bits per heavy atom. The Hall–Kier alpha value is -3.51. The van der Waals surface area contributed by atoms with Gasteiger partial charge in [0, 0.05) is 19.0 Å². The van der Waals surface area contributed by atoms with Gasteiger partial charge in [-0.3, -0.25) is 5.32 Å². The Labute approximate surface area is 180 Å². The third-order valence-corrected chi connectivity index (χ3v) is 6.33. The first kappa shape index (κ1) is 19.5. The van der Waals surface area contributed by atoms with E-state index in [4.69, 9.17) is 9.15 Å². The Kier molecular flexibility index (Phi) is 4.79. The van der Waals surface area contributed by atoms with Crippen molar-refractivity contribution in [3.05, 3.63) is 40.4 Å². The number of carbonyl (C=O) groups is 2. The number of ether oxygens (including phenoxy) is 1. The van der Waals surface area contributed by atoms with E-state index in [1.54, 1.807) is 19.2 Å². The fourth-order valence-electron chi connectivity index (χ4n) is 3.81. The van der Waals surface area contributed by atoms with Gasteiger partial charge >= 0.3 is 18.0 Å². The zero-order chi connectivity index (χ0) is 21.5. The summed E-state index contributed by atoms with van der Waals surface area (Å²) in [5.41, 5.74) is 1.61. The van der Waals surface area contributed by atoms with Crippen LogP contribution in [-0.4, -0.2) is 58.6 Å². The molecular weight excluding hydrogens is 424 g/mol. The number of hydrogen-bond acceptors (Lipinski definition) is 9. The van der Waals surface area contributed by atoms with Crippen LogP contribution in [0, 0.1) is 0 Å². The summed E-state index contributed by atoms with van der Waals surface area (Å²) in [4.78, 5) is 30.5. The summed E-state index contributed by atoms with van der Waals surface area (Å²) in [5, 5.41) is 23.3. The van der Waals surface area contributed by atoms with Gasteiger partial charge in [0.15, 0.2) is 5.13 Å². The van der Waals surface area contributed by atoms with E-state index in [2.05, 4.69) is 25.8 Å². The monoisotopic (exact) mass is 442 g/mol. The number of fused-ring (bicyclic) bond motifs is 4. The zero-order valence-corrected chi connectivity index (χ0v) is 17.2. The smallest absolute Gasteiger partial charge is 0.335 e. The molecule has 1 fully saturated rings. The van der Waals surface area contributed by atoms with Gasteiger partial charge in [-0.15, -0.1) is 5.10 Å². The second kappa shape index (κ2) is 7.63. The fourth-order valence-corrected chi connectivity index (χ4v) is 4.88. The van der Waals surface area contributed by atoms with Gasteiger partial charge in [-0.25, -0.2) is 14.6 Å². The summed E-state index contributed by atoms with van der Waals surface area (Å²) in [6, 6.07) is 6.17. The number of nitrogens with one attached hydrogen (secondary N) is 2. The lowest BCUT2D eigenvalue weighted by atomic mass is 9.97. The van der Waals surface area contributed by atoms with Crippen LogP contribution in [0.15, 0.2) is 28.7 Å². The minimum Gasteiger partial charge on any atom is -0.478 e. The molecule has 12 heteroatoms. The van der Waals surface area contributed by atoms with Crippen molar-refractivity contribution in [1.29, 1.82) is 0 Å². The third-order valence-electron chi connectivity index (χ3n) is 5.21. The highest BCUT2D eigenvalue weighted by atomic mass is 32.1. The van der Waals surface area contributed by atoms with Crippen LogP contribution in [-0.2, 0) is 11.2 Å². The van der Waals surface area contributed by atoms with Gasteiger partial charge in [-0.1, -0.05) is 22.5 Å². The molecule has 2 atom stereocenters. The number of carboxylic acids is 1. The predicted molar refractivity (Wildman–Crippen MR) is 110 cm³/mol. The maximum atomic E-state index is 11.7. The van der Waals surface area contributed by atoms with Gasteiger partial charge in [0.05, 0.1) is 41.4 Å². The molecular formula is C19H18N6O5S. The molecule has 2 aliphatic rings. The molecule has 2 aliphatic heterocycles. The number of thiazole rings is 1. The van der Waals surface area contributed by atoms with E-state index < -0.39 is 5.97 Å². The minimum atomic E-state index is -1.02. The largest absolute Gasteiger partial charge is 0.478 e. The number of urea groups is 1. The quantitative estimate of drug-likeness (QED) is 0.554. The lowest BCUT2D eigenvalue weighted by molar-refractivity contribution is 0.0578. The highest BCUT2D eigenvalue weighted by Crippen LogP contribution is 2.43. The number of amides is 2. The van der Waals surface area contributed by atoms with Crippen molar-refractivity contribution in [2.75, 3.05) is 30.5 Å². The van der Waals surface area contributed by atoms with E-state index in [0.29, 0.717) is 36.3 Å². The summed E-state index contributed by atoms with van der Waals surface area (Å²) in [6.45, 7) is 0.912. The number of hydrogen-bond donors (Lipinski definition) is 3. The molecule has 3 aromatic rings. The van der Waals surface area contributed by atoms with Crippen molar-refractivity contribution in [2.24, 2.45) is 0 Å². The number of anilines is 2. The fraction of sp³-hybridized carbons (Fsp3) is 0.316. The number of aromatic carboxylic acids is 1. The summed E-state index contributed by atoms with van der Waals surface area (Å²) in [6.07, 6.45) is 0.615. The Morgan fingerprint density at radius 3 is 2.97 bits per heavy atom. The van der Waals surface area contributed by atoms with E-state index in [0.717, 1.165) is 10.6 Å². The standard InChI is InChI=1S/C19H18N6O5S/c1-20-17(28)22-18-21-12-6-11-7-29-8-13(14(12)31-18)25(11)19-24-23-15(30-19)9-3-2-4-10(5-9)16(26)27/h2-5,11,13H,6-8H2,1H3,(H,26,27)(H2,20,21,22,28). The summed E-state index contributed by atoms with van der Waals surface area (Å²) in [7, 11) is 1.55. The number of benzene rings is 1. The lowest BCUT2D eigenvalue weighted by Gasteiger charge is -2.43. The summed E-state index contributed by atoms with van der Waals surface area (Å²) >= 11 is 1.39. The van der Waals surface area contributed by atoms with Gasteiger partial charge in [0.2, 0.25) is 5.89 Å². The van der Waals surface area contributed by atoms with Crippen LogP contribution in [0.2, 0.25) is 0 Å². The van der Waals surface area contributed by atoms with Crippen LogP contribution >= 0.6 is 11.3 Å². The molecule has 11 nitrogen and oxygen atoms in total. The Morgan fingerprint density at radius 1 is 1.29 bits per heavy atom. The van der Waals surface area contributed by atoms with Gasteiger partial charge in [0.1, 0.15) is 0 Å². The molecule has 160 valence electrons. The summed E-state index contributed by atoms with van der Waals surface area (Å²) < 4.78 is 11.7. The van der Waals surface area contributed by atoms with Crippen LogP contribution < -0.4 is 15.5 Å². The van der Waals surface area contributed by atoms with Crippen LogP contribution in [0.25, 0.3) is 11.5 Å². The van der Waals surface area contributed by atoms with E-state index in [9.17, 15) is 14.7 Å². The zero-order valence-electron chi connectivity index (χ0n) is 16.4. The van der Waals surface area contributed by atoms with E-state index >= 15 is 0 Å². The number of nitrogens with zero attached hydrogens (tertiary/aromatic N) is 4. The molecule has 2 amide bonds. The van der Waals surface area contributed by atoms with Crippen molar-refractivity contribution >= 4 is 34.5 Å². The van der Waals surface area contributed by atoms with Gasteiger partial charge in [-0.05, 0) is 18.2 Å². The first-order valence-corrected chi connectivity index (χ1v) is 10.4. The normalized spacial score (nSPS) is 19.6. The lowest BCUT2D eigenvalue weighted by Crippen LogP contribution is -2.51. The first-order valence-electron chi connectivity index (χ1n) is 9.55. The number of aromatic nitrogens is 3. The van der Waals surface area contributed by atoms with Crippen molar-refractivity contribution in [1.82, 2.24) is 20.5 Å². The molecule has 5 rings (SSSR count). The number of carboxylic acid groups (broad SMARTS) is 1. The Bertz CT molecular complexity index is 1160. The van der Waals surface area contributed by atoms with Gasteiger partial charge in [-0.2, -0.15) is 0 Å². The molecule has 2 aromatic heterocycles. The van der Waals surface area contributed by atoms with E-state index in [1.807, 2.05) is 4.90 Å². The number of morpholine rings is 1. The summed E-state index contributed by atoms with van der Waals surface area (Å²) in [5.74, 6) is -0.780. The highest BCUT2D eigenvalue weighted by Gasteiger charge is 2.43. The number of carbonyl (C=O) groups excluding carboxylic acids is 1. The van der Waals surface area contributed by atoms with Crippen LogP contribution in [0.3, 0.4) is 0 Å². The molecule has 0 aliphatic carbocycles. The molecule has 2 unspecified atom stereocenters. The first-order chi connectivity index (χ1) is 15.0. The van der Waals surface area contributed by atoms with E-state index in [-0.39, 0.29) is 29.6 Å². The molecule has 31 heavy (non-hydrogen) atoms. The minimum absolute atomic E-state index is 0.0418. The maximum absolute atomic E-state index is 11.7. The predicted octanol–water partition coefficient (Wildman–Crippen LogP) is 2.15. The average molecular weight is 442 g/mol. The molecule has 1 aromatic carbocycles. The molecule has 0 spiro atoms. The van der Waals surface area contributed by atoms with Crippen LogP contribution in [0.4, 0.5) is 15.9 Å². The molecule has 4 heterocycles. The number of rotatable bonds is 4. The van der Waals surface area contributed by atoms with Crippen LogP contribution in [0.1, 0.15) is 27.0 Å². The van der Waals surface area contributed by atoms with E-state index in [1.165, 1.54) is 23.5 Å². The van der Waals surface area contributed by atoms with Crippen molar-refractivity contribution < 1.29 is 23.8 Å². The van der Waals surface area contributed by atoms with Crippen LogP contribution in [0.5, 0.6) is 0 Å². The second-order valence-corrected chi connectivity index (χ2v) is 8.16. The molecule has 0 radical (unpaired) electrons. The molecule has 3 N–H and O–H groups in total. The maximum Gasteiger partial charge on any atom is 0.335 e. The Balaban J connectivity index is 1.46.